The molecule has 0 spiro atoms. The smallest absolute Gasteiger partial charge is 0.240 e. The molecule has 1 amide bonds. The van der Waals surface area contributed by atoms with Gasteiger partial charge in [-0.25, -0.2) is 5.43 Å². The Kier molecular flexibility index (Phi) is 4.07. The molecular formula is C20H26N2O2. The zero-order valence-electron chi connectivity index (χ0n) is 14.3. The lowest BCUT2D eigenvalue weighted by Crippen LogP contribution is -2.47. The van der Waals surface area contributed by atoms with Crippen molar-refractivity contribution in [2.24, 2.45) is 28.3 Å². The third kappa shape index (κ3) is 3.33. The lowest BCUT2D eigenvalue weighted by atomic mass is 9.49. The minimum atomic E-state index is 0.0685. The maximum absolute atomic E-state index is 12.4. The van der Waals surface area contributed by atoms with Crippen molar-refractivity contribution in [3.63, 3.8) is 0 Å². The largest absolute Gasteiger partial charge is 0.465 e. The molecule has 0 aliphatic heterocycles. The molecule has 0 atom stereocenters. The van der Waals surface area contributed by atoms with E-state index < -0.39 is 0 Å². The monoisotopic (exact) mass is 326 g/mol. The highest BCUT2D eigenvalue weighted by Gasteiger charge is 2.51. The summed E-state index contributed by atoms with van der Waals surface area (Å²) in [7, 11) is 0. The third-order valence-corrected chi connectivity index (χ3v) is 6.07. The van der Waals surface area contributed by atoms with Gasteiger partial charge in [0.1, 0.15) is 5.76 Å². The van der Waals surface area contributed by atoms with E-state index in [0.717, 1.165) is 29.1 Å². The molecule has 4 bridgehead atoms. The molecule has 1 N–H and O–H groups in total. The summed E-state index contributed by atoms with van der Waals surface area (Å²) < 4.78 is 5.27. The molecule has 5 rings (SSSR count). The van der Waals surface area contributed by atoms with Gasteiger partial charge in [0, 0.05) is 6.42 Å². The quantitative estimate of drug-likeness (QED) is 0.644. The number of hydrazone groups is 1. The first-order chi connectivity index (χ1) is 11.6. The van der Waals surface area contributed by atoms with E-state index in [9.17, 15) is 4.79 Å². The standard InChI is InChI=1S/C20H26N2O2/c1-14(5-18-3-2-4-24-18)13-21-22-19(23)12-20-9-15-6-16(10-20)8-17(7-15)11-20/h2-5,13,15-17H,6-12H2,1H3,(H,22,23)/b14-5+,21-13-. The van der Waals surface area contributed by atoms with Crippen molar-refractivity contribution >= 4 is 18.2 Å². The van der Waals surface area contributed by atoms with Gasteiger partial charge in [-0.15, -0.1) is 0 Å². The second-order valence-electron chi connectivity index (χ2n) is 8.29. The highest BCUT2D eigenvalue weighted by atomic mass is 16.3. The Morgan fingerprint density at radius 2 is 1.96 bits per heavy atom. The molecule has 4 heteroatoms. The number of furan rings is 1. The first-order valence-corrected chi connectivity index (χ1v) is 9.14. The first-order valence-electron chi connectivity index (χ1n) is 9.14. The van der Waals surface area contributed by atoms with Crippen LogP contribution in [0.1, 0.15) is 57.6 Å². The number of amides is 1. The van der Waals surface area contributed by atoms with Gasteiger partial charge in [0.15, 0.2) is 0 Å². The van der Waals surface area contributed by atoms with Crippen LogP contribution in [-0.2, 0) is 4.79 Å². The Morgan fingerprint density at radius 1 is 1.29 bits per heavy atom. The van der Waals surface area contributed by atoms with Gasteiger partial charge < -0.3 is 4.42 Å². The molecule has 0 aromatic carbocycles. The summed E-state index contributed by atoms with van der Waals surface area (Å²) >= 11 is 0. The molecule has 1 heterocycles. The van der Waals surface area contributed by atoms with Crippen LogP contribution in [0.3, 0.4) is 0 Å². The fraction of sp³-hybridized carbons (Fsp3) is 0.600. The molecule has 4 fully saturated rings. The molecule has 1 aromatic rings. The molecular weight excluding hydrogens is 300 g/mol. The summed E-state index contributed by atoms with van der Waals surface area (Å²) in [5, 5.41) is 4.12. The second kappa shape index (κ2) is 6.23. The van der Waals surface area contributed by atoms with Gasteiger partial charge in [-0.1, -0.05) is 0 Å². The number of hydrogen-bond donors (Lipinski definition) is 1. The Bertz CT molecular complexity index is 622. The van der Waals surface area contributed by atoms with Crippen LogP contribution in [0.15, 0.2) is 33.5 Å². The number of nitrogens with zero attached hydrogens (tertiary/aromatic N) is 1. The van der Waals surface area contributed by atoms with Gasteiger partial charge in [0.05, 0.1) is 12.5 Å². The molecule has 1 aromatic heterocycles. The van der Waals surface area contributed by atoms with Crippen LogP contribution in [0.5, 0.6) is 0 Å². The summed E-state index contributed by atoms with van der Waals surface area (Å²) in [4.78, 5) is 12.4. The predicted molar refractivity (Wildman–Crippen MR) is 94.2 cm³/mol. The maximum atomic E-state index is 12.4. The summed E-state index contributed by atoms with van der Waals surface area (Å²) in [5.74, 6) is 3.50. The highest BCUT2D eigenvalue weighted by Crippen LogP contribution is 2.61. The minimum Gasteiger partial charge on any atom is -0.465 e. The Labute approximate surface area is 143 Å². The van der Waals surface area contributed by atoms with Crippen molar-refractivity contribution in [1.82, 2.24) is 5.43 Å². The van der Waals surface area contributed by atoms with Gasteiger partial charge >= 0.3 is 0 Å². The first kappa shape index (κ1) is 15.7. The summed E-state index contributed by atoms with van der Waals surface area (Å²) in [5.41, 5.74) is 3.94. The lowest BCUT2D eigenvalue weighted by molar-refractivity contribution is -0.129. The molecule has 4 aliphatic carbocycles. The fourth-order valence-corrected chi connectivity index (χ4v) is 5.73. The van der Waals surface area contributed by atoms with Gasteiger partial charge in [0.2, 0.25) is 5.91 Å². The number of hydrogen-bond acceptors (Lipinski definition) is 3. The van der Waals surface area contributed by atoms with Crippen LogP contribution >= 0.6 is 0 Å². The van der Waals surface area contributed by atoms with Crippen LogP contribution in [0.4, 0.5) is 0 Å². The molecule has 4 nitrogen and oxygen atoms in total. The van der Waals surface area contributed by atoms with E-state index in [1.165, 1.54) is 38.5 Å². The highest BCUT2D eigenvalue weighted by molar-refractivity contribution is 5.85. The van der Waals surface area contributed by atoms with E-state index in [4.69, 9.17) is 4.42 Å². The van der Waals surface area contributed by atoms with Crippen molar-refractivity contribution in [2.45, 2.75) is 51.9 Å². The number of carbonyl (C=O) groups excluding carboxylic acids is 1. The number of allylic oxidation sites excluding steroid dienone is 1. The average molecular weight is 326 g/mol. The minimum absolute atomic E-state index is 0.0685. The Morgan fingerprint density at radius 3 is 2.54 bits per heavy atom. The van der Waals surface area contributed by atoms with E-state index >= 15 is 0 Å². The average Bonchev–Trinajstić information content (AvgIpc) is 2.97. The predicted octanol–water partition coefficient (Wildman–Crippen LogP) is 4.39. The number of carbonyl (C=O) groups is 1. The Balaban J connectivity index is 1.32. The van der Waals surface area contributed by atoms with Crippen molar-refractivity contribution in [2.75, 3.05) is 0 Å². The topological polar surface area (TPSA) is 54.6 Å². The Hall–Kier alpha value is -1.84. The van der Waals surface area contributed by atoms with E-state index in [1.807, 2.05) is 25.1 Å². The number of nitrogens with one attached hydrogen (secondary N) is 1. The zero-order valence-corrected chi connectivity index (χ0v) is 14.3. The van der Waals surface area contributed by atoms with Crippen molar-refractivity contribution < 1.29 is 9.21 Å². The molecule has 0 radical (unpaired) electrons. The van der Waals surface area contributed by atoms with E-state index in [2.05, 4.69) is 10.5 Å². The molecule has 128 valence electrons. The van der Waals surface area contributed by atoms with Gasteiger partial charge in [0.25, 0.3) is 0 Å². The van der Waals surface area contributed by atoms with Crippen LogP contribution < -0.4 is 5.43 Å². The number of rotatable bonds is 5. The van der Waals surface area contributed by atoms with Crippen LogP contribution in [0.25, 0.3) is 6.08 Å². The van der Waals surface area contributed by atoms with Gasteiger partial charge in [-0.2, -0.15) is 5.10 Å². The van der Waals surface area contributed by atoms with Crippen molar-refractivity contribution in [3.8, 4) is 0 Å². The summed E-state index contributed by atoms with van der Waals surface area (Å²) in [6.45, 7) is 1.94. The van der Waals surface area contributed by atoms with Crippen molar-refractivity contribution in [3.05, 3.63) is 29.7 Å². The van der Waals surface area contributed by atoms with E-state index in [0.29, 0.717) is 6.42 Å². The summed E-state index contributed by atoms with van der Waals surface area (Å²) in [6, 6.07) is 3.74. The molecule has 0 saturated heterocycles. The normalized spacial score (nSPS) is 34.9. The van der Waals surface area contributed by atoms with Gasteiger partial charge in [-0.05, 0) is 92.4 Å². The molecule has 4 aliphatic rings. The van der Waals surface area contributed by atoms with Crippen LogP contribution in [0, 0.1) is 23.2 Å². The van der Waals surface area contributed by atoms with Crippen molar-refractivity contribution in [1.29, 1.82) is 0 Å². The molecule has 24 heavy (non-hydrogen) atoms. The van der Waals surface area contributed by atoms with E-state index in [-0.39, 0.29) is 11.3 Å². The van der Waals surface area contributed by atoms with Crippen LogP contribution in [-0.4, -0.2) is 12.1 Å². The zero-order chi connectivity index (χ0) is 16.6. The summed E-state index contributed by atoms with van der Waals surface area (Å²) in [6.07, 6.45) is 13.9. The molecule has 0 unspecified atom stereocenters. The van der Waals surface area contributed by atoms with E-state index in [1.54, 1.807) is 12.5 Å². The lowest BCUT2D eigenvalue weighted by Gasteiger charge is -2.56. The fourth-order valence-electron chi connectivity index (χ4n) is 5.73. The molecule has 4 saturated carbocycles. The van der Waals surface area contributed by atoms with Gasteiger partial charge in [-0.3, -0.25) is 4.79 Å². The maximum Gasteiger partial charge on any atom is 0.240 e. The third-order valence-electron chi connectivity index (χ3n) is 6.07. The second-order valence-corrected chi connectivity index (χ2v) is 8.29. The van der Waals surface area contributed by atoms with Crippen LogP contribution in [0.2, 0.25) is 0 Å². The SMILES string of the molecule is CC(/C=N\NC(=O)CC12CC3CC(CC(C3)C1)C2)=C\c1ccco1.